The van der Waals surface area contributed by atoms with Gasteiger partial charge in [-0.25, -0.2) is 4.39 Å². The maximum Gasteiger partial charge on any atom is 0.258 e. The van der Waals surface area contributed by atoms with E-state index in [0.717, 1.165) is 11.1 Å². The lowest BCUT2D eigenvalue weighted by Gasteiger charge is -2.21. The molecule has 0 aliphatic carbocycles. The first-order valence-electron chi connectivity index (χ1n) is 9.42. The van der Waals surface area contributed by atoms with Crippen LogP contribution < -0.4 is 10.2 Å². The lowest BCUT2D eigenvalue weighted by molar-refractivity contribution is 0.0992. The van der Waals surface area contributed by atoms with Gasteiger partial charge in [-0.1, -0.05) is 24.6 Å². The monoisotopic (exact) mass is 411 g/mol. The van der Waals surface area contributed by atoms with Crippen LogP contribution in [0.5, 0.6) is 0 Å². The third-order valence-corrected chi connectivity index (χ3v) is 5.06. The lowest BCUT2D eigenvalue weighted by Crippen LogP contribution is -2.27. The first kappa shape index (κ1) is 20.8. The van der Waals surface area contributed by atoms with E-state index in [4.69, 9.17) is 11.6 Å². The number of hydrogen-bond donors (Lipinski definition) is 1. The zero-order valence-electron chi connectivity index (χ0n) is 16.6. The van der Waals surface area contributed by atoms with Crippen molar-refractivity contribution in [1.82, 2.24) is 4.98 Å². The van der Waals surface area contributed by atoms with Crippen LogP contribution in [0.25, 0.3) is 0 Å². The van der Waals surface area contributed by atoms with Crippen LogP contribution in [0, 0.1) is 5.82 Å². The smallest absolute Gasteiger partial charge is 0.258 e. The van der Waals surface area contributed by atoms with E-state index in [9.17, 15) is 9.18 Å². The number of pyridine rings is 1. The fourth-order valence-corrected chi connectivity index (χ4v) is 3.33. The number of aryl methyl sites for hydroxylation is 1. The topological polar surface area (TPSA) is 45.2 Å². The van der Waals surface area contributed by atoms with Gasteiger partial charge in [0, 0.05) is 29.5 Å². The maximum atomic E-state index is 13.4. The molecular formula is C23H23ClFN3O. The molecule has 150 valence electrons. The largest absolute Gasteiger partial charge is 0.378 e. The minimum atomic E-state index is -0.297. The Morgan fingerprint density at radius 2 is 2.00 bits per heavy atom. The fraction of sp³-hybridized carbons (Fsp3) is 0.217. The van der Waals surface area contributed by atoms with Crippen LogP contribution in [0.1, 0.15) is 41.4 Å². The Morgan fingerprint density at radius 3 is 2.72 bits per heavy atom. The van der Waals surface area contributed by atoms with E-state index >= 15 is 0 Å². The molecular weight excluding hydrogens is 389 g/mol. The number of halogens is 2. The minimum absolute atomic E-state index is 0.116. The highest BCUT2D eigenvalue weighted by Crippen LogP contribution is 2.25. The van der Waals surface area contributed by atoms with Gasteiger partial charge in [0.15, 0.2) is 0 Å². The van der Waals surface area contributed by atoms with Crippen LogP contribution in [0.3, 0.4) is 0 Å². The van der Waals surface area contributed by atoms with Crippen molar-refractivity contribution in [1.29, 1.82) is 0 Å². The van der Waals surface area contributed by atoms with Crippen molar-refractivity contribution in [3.8, 4) is 0 Å². The quantitative estimate of drug-likeness (QED) is 0.550. The number of hydrogen-bond acceptors (Lipinski definition) is 3. The molecule has 4 nitrogen and oxygen atoms in total. The number of carbonyl (C=O) groups excluding carboxylic acids is 1. The predicted molar refractivity (Wildman–Crippen MR) is 116 cm³/mol. The fourth-order valence-electron chi connectivity index (χ4n) is 3.14. The predicted octanol–water partition coefficient (Wildman–Crippen LogP) is 5.89. The van der Waals surface area contributed by atoms with Gasteiger partial charge in [0.25, 0.3) is 5.91 Å². The summed E-state index contributed by atoms with van der Waals surface area (Å²) in [6, 6.07) is 13.4. The number of carbonyl (C=O) groups is 1. The Balaban J connectivity index is 1.82. The molecule has 1 atom stereocenters. The number of rotatable bonds is 6. The summed E-state index contributed by atoms with van der Waals surface area (Å²) >= 11 is 6.06. The van der Waals surface area contributed by atoms with Gasteiger partial charge in [-0.2, -0.15) is 0 Å². The Morgan fingerprint density at radius 1 is 1.21 bits per heavy atom. The highest BCUT2D eigenvalue weighted by atomic mass is 35.5. The number of amides is 1. The van der Waals surface area contributed by atoms with E-state index in [2.05, 4.69) is 10.3 Å². The molecule has 0 fully saturated rings. The second-order valence-corrected chi connectivity index (χ2v) is 7.31. The van der Waals surface area contributed by atoms with Crippen molar-refractivity contribution in [2.45, 2.75) is 26.3 Å². The molecule has 3 rings (SSSR count). The van der Waals surface area contributed by atoms with Gasteiger partial charge in [0.05, 0.1) is 17.9 Å². The summed E-state index contributed by atoms with van der Waals surface area (Å²) in [6.07, 6.45) is 4.10. The van der Waals surface area contributed by atoms with Gasteiger partial charge in [0.2, 0.25) is 0 Å². The maximum absolute atomic E-state index is 13.4. The van der Waals surface area contributed by atoms with Crippen molar-refractivity contribution < 1.29 is 9.18 Å². The van der Waals surface area contributed by atoms with Crippen LogP contribution in [0.4, 0.5) is 15.8 Å². The van der Waals surface area contributed by atoms with E-state index < -0.39 is 0 Å². The van der Waals surface area contributed by atoms with E-state index in [1.165, 1.54) is 12.1 Å². The van der Waals surface area contributed by atoms with Crippen LogP contribution in [0.2, 0.25) is 5.02 Å². The van der Waals surface area contributed by atoms with Gasteiger partial charge < -0.3 is 10.2 Å². The second-order valence-electron chi connectivity index (χ2n) is 6.87. The zero-order chi connectivity index (χ0) is 21.0. The van der Waals surface area contributed by atoms with Crippen molar-refractivity contribution in [3.05, 3.63) is 88.5 Å². The number of anilines is 2. The van der Waals surface area contributed by atoms with Crippen molar-refractivity contribution in [2.24, 2.45) is 0 Å². The summed E-state index contributed by atoms with van der Waals surface area (Å²) in [6.45, 7) is 3.95. The first-order valence-corrected chi connectivity index (χ1v) is 9.80. The summed E-state index contributed by atoms with van der Waals surface area (Å²) in [4.78, 5) is 18.9. The highest BCUT2D eigenvalue weighted by molar-refractivity contribution is 6.30. The Hall–Kier alpha value is -2.92. The molecule has 0 aliphatic heterocycles. The third-order valence-electron chi connectivity index (χ3n) is 4.82. The van der Waals surface area contributed by atoms with Crippen LogP contribution in [0.15, 0.2) is 60.9 Å². The molecule has 0 spiro atoms. The first-order chi connectivity index (χ1) is 13.9. The average Bonchev–Trinajstić information content (AvgIpc) is 2.72. The number of nitrogens with one attached hydrogen (secondary N) is 1. The van der Waals surface area contributed by atoms with Gasteiger partial charge in [0.1, 0.15) is 5.82 Å². The number of nitrogens with zero attached hydrogens (tertiary/aromatic N) is 2. The molecule has 1 N–H and O–H groups in total. The van der Waals surface area contributed by atoms with E-state index in [1.54, 1.807) is 48.6 Å². The highest BCUT2D eigenvalue weighted by Gasteiger charge is 2.18. The Labute approximate surface area is 175 Å². The number of benzene rings is 2. The molecule has 0 saturated heterocycles. The van der Waals surface area contributed by atoms with Crippen LogP contribution >= 0.6 is 11.6 Å². The molecule has 0 bridgehead atoms. The van der Waals surface area contributed by atoms with Gasteiger partial charge in [-0.05, 0) is 66.9 Å². The summed E-state index contributed by atoms with van der Waals surface area (Å²) < 4.78 is 13.4. The van der Waals surface area contributed by atoms with Crippen molar-refractivity contribution >= 4 is 28.9 Å². The van der Waals surface area contributed by atoms with E-state index in [-0.39, 0.29) is 17.8 Å². The van der Waals surface area contributed by atoms with E-state index in [0.29, 0.717) is 28.4 Å². The van der Waals surface area contributed by atoms with Gasteiger partial charge in [-0.3, -0.25) is 9.78 Å². The summed E-state index contributed by atoms with van der Waals surface area (Å²) in [5.74, 6) is -0.419. The molecule has 6 heteroatoms. The molecule has 2 aromatic carbocycles. The normalized spacial score (nSPS) is 11.8. The third kappa shape index (κ3) is 4.93. The van der Waals surface area contributed by atoms with Gasteiger partial charge in [-0.15, -0.1) is 0 Å². The van der Waals surface area contributed by atoms with Crippen LogP contribution in [-0.2, 0) is 6.42 Å². The molecule has 0 aliphatic rings. The molecule has 3 aromatic rings. The SMILES string of the molecule is CCc1cc(Cl)ccc1C(=O)N(C)c1cncc(C(C)Nc2cccc(F)c2)c1. The van der Waals surface area contributed by atoms with E-state index in [1.807, 2.05) is 26.0 Å². The van der Waals surface area contributed by atoms with Crippen LogP contribution in [-0.4, -0.2) is 17.9 Å². The molecule has 0 radical (unpaired) electrons. The molecule has 1 unspecified atom stereocenters. The molecule has 1 aromatic heterocycles. The minimum Gasteiger partial charge on any atom is -0.378 e. The Bertz CT molecular complexity index is 1020. The van der Waals surface area contributed by atoms with Crippen molar-refractivity contribution in [3.63, 3.8) is 0 Å². The summed E-state index contributed by atoms with van der Waals surface area (Å²) in [5.41, 5.74) is 3.77. The lowest BCUT2D eigenvalue weighted by atomic mass is 10.0. The summed E-state index contributed by atoms with van der Waals surface area (Å²) in [7, 11) is 1.72. The van der Waals surface area contributed by atoms with Gasteiger partial charge >= 0.3 is 0 Å². The molecule has 29 heavy (non-hydrogen) atoms. The zero-order valence-corrected chi connectivity index (χ0v) is 17.4. The second kappa shape index (κ2) is 9.05. The average molecular weight is 412 g/mol. The summed E-state index contributed by atoms with van der Waals surface area (Å²) in [5, 5.41) is 3.87. The Kier molecular flexibility index (Phi) is 6.49. The molecule has 1 amide bonds. The van der Waals surface area contributed by atoms with Crippen molar-refractivity contribution in [2.75, 3.05) is 17.3 Å². The molecule has 0 saturated carbocycles. The standard InChI is InChI=1S/C23H23ClFN3O/c1-4-16-10-18(24)8-9-22(16)23(29)28(3)21-11-17(13-26-14-21)15(2)27-20-7-5-6-19(25)12-20/h5-15,27H,4H2,1-3H3. The molecule has 1 heterocycles. The number of aromatic nitrogens is 1.